The second-order valence-electron chi connectivity index (χ2n) is 4.10. The Labute approximate surface area is 95.2 Å². The first kappa shape index (κ1) is 12.5. The SMILES string of the molecule is CC(C)Sc1cccc(C(C)(F)CN)c1. The number of alkyl halides is 1. The van der Waals surface area contributed by atoms with E-state index in [0.29, 0.717) is 10.8 Å². The molecule has 0 aliphatic rings. The first-order valence-electron chi connectivity index (χ1n) is 5.12. The highest BCUT2D eigenvalue weighted by atomic mass is 32.2. The molecule has 1 rings (SSSR count). The van der Waals surface area contributed by atoms with Gasteiger partial charge in [-0.2, -0.15) is 0 Å². The molecule has 0 bridgehead atoms. The van der Waals surface area contributed by atoms with Crippen molar-refractivity contribution in [1.29, 1.82) is 0 Å². The zero-order valence-corrected chi connectivity index (χ0v) is 10.3. The van der Waals surface area contributed by atoms with Crippen LogP contribution < -0.4 is 5.73 Å². The van der Waals surface area contributed by atoms with Gasteiger partial charge in [-0.25, -0.2) is 4.39 Å². The van der Waals surface area contributed by atoms with Crippen molar-refractivity contribution in [3.8, 4) is 0 Å². The van der Waals surface area contributed by atoms with Crippen LogP contribution in [0, 0.1) is 0 Å². The smallest absolute Gasteiger partial charge is 0.145 e. The van der Waals surface area contributed by atoms with Crippen molar-refractivity contribution in [1.82, 2.24) is 0 Å². The summed E-state index contributed by atoms with van der Waals surface area (Å²) in [5, 5.41) is 0.504. The maximum atomic E-state index is 13.9. The van der Waals surface area contributed by atoms with Crippen LogP contribution in [-0.2, 0) is 5.67 Å². The lowest BCUT2D eigenvalue weighted by atomic mass is 9.98. The Balaban J connectivity index is 2.92. The van der Waals surface area contributed by atoms with E-state index in [1.165, 1.54) is 6.92 Å². The van der Waals surface area contributed by atoms with Gasteiger partial charge < -0.3 is 5.73 Å². The minimum atomic E-state index is -1.42. The van der Waals surface area contributed by atoms with Crippen molar-refractivity contribution >= 4 is 11.8 Å². The molecular weight excluding hydrogens is 209 g/mol. The minimum Gasteiger partial charge on any atom is -0.327 e. The van der Waals surface area contributed by atoms with Gasteiger partial charge in [-0.3, -0.25) is 0 Å². The zero-order chi connectivity index (χ0) is 11.5. The fourth-order valence-electron chi connectivity index (χ4n) is 1.28. The van der Waals surface area contributed by atoms with Crippen molar-refractivity contribution in [3.63, 3.8) is 0 Å². The van der Waals surface area contributed by atoms with Gasteiger partial charge in [-0.1, -0.05) is 26.0 Å². The normalized spacial score (nSPS) is 15.3. The molecule has 0 aliphatic heterocycles. The highest BCUT2D eigenvalue weighted by molar-refractivity contribution is 7.99. The topological polar surface area (TPSA) is 26.0 Å². The second-order valence-corrected chi connectivity index (χ2v) is 5.75. The lowest BCUT2D eigenvalue weighted by Crippen LogP contribution is -2.26. The van der Waals surface area contributed by atoms with E-state index < -0.39 is 5.67 Å². The van der Waals surface area contributed by atoms with Crippen molar-refractivity contribution in [2.24, 2.45) is 5.73 Å². The van der Waals surface area contributed by atoms with Gasteiger partial charge in [-0.05, 0) is 24.6 Å². The molecule has 1 nitrogen and oxygen atoms in total. The lowest BCUT2D eigenvalue weighted by Gasteiger charge is -2.19. The van der Waals surface area contributed by atoms with Crippen LogP contribution in [0.4, 0.5) is 4.39 Å². The van der Waals surface area contributed by atoms with E-state index in [1.54, 1.807) is 17.8 Å². The standard InChI is InChI=1S/C12H18FNS/c1-9(2)15-11-6-4-5-10(7-11)12(3,13)8-14/h4-7,9H,8,14H2,1-3H3. The molecule has 0 spiro atoms. The number of hydrogen-bond donors (Lipinski definition) is 1. The van der Waals surface area contributed by atoms with Gasteiger partial charge in [0.05, 0.1) is 0 Å². The summed E-state index contributed by atoms with van der Waals surface area (Å²) < 4.78 is 13.9. The molecule has 1 atom stereocenters. The Kier molecular flexibility index (Phi) is 4.17. The van der Waals surface area contributed by atoms with E-state index in [-0.39, 0.29) is 6.54 Å². The Hall–Kier alpha value is -0.540. The first-order chi connectivity index (χ1) is 6.95. The van der Waals surface area contributed by atoms with Crippen LogP contribution >= 0.6 is 11.8 Å². The molecule has 1 unspecified atom stereocenters. The van der Waals surface area contributed by atoms with Crippen LogP contribution in [-0.4, -0.2) is 11.8 Å². The summed E-state index contributed by atoms with van der Waals surface area (Å²) in [6.07, 6.45) is 0. The van der Waals surface area contributed by atoms with Gasteiger partial charge in [-0.15, -0.1) is 11.8 Å². The summed E-state index contributed by atoms with van der Waals surface area (Å²) in [5.41, 5.74) is 4.65. The third-order valence-electron chi connectivity index (χ3n) is 2.19. The largest absolute Gasteiger partial charge is 0.327 e. The van der Waals surface area contributed by atoms with Crippen LogP contribution in [0.2, 0.25) is 0 Å². The van der Waals surface area contributed by atoms with Crippen LogP contribution in [0.3, 0.4) is 0 Å². The average Bonchev–Trinajstić information content (AvgIpc) is 2.17. The van der Waals surface area contributed by atoms with E-state index in [2.05, 4.69) is 13.8 Å². The number of halogens is 1. The minimum absolute atomic E-state index is 0.0167. The molecule has 15 heavy (non-hydrogen) atoms. The van der Waals surface area contributed by atoms with Crippen LogP contribution in [0.5, 0.6) is 0 Å². The summed E-state index contributed by atoms with van der Waals surface area (Å²) >= 11 is 1.73. The first-order valence-corrected chi connectivity index (χ1v) is 6.00. The maximum absolute atomic E-state index is 13.9. The van der Waals surface area contributed by atoms with E-state index in [9.17, 15) is 4.39 Å². The van der Waals surface area contributed by atoms with E-state index >= 15 is 0 Å². The molecule has 0 saturated heterocycles. The molecule has 0 radical (unpaired) electrons. The lowest BCUT2D eigenvalue weighted by molar-refractivity contribution is 0.203. The van der Waals surface area contributed by atoms with Crippen LogP contribution in [0.15, 0.2) is 29.2 Å². The molecule has 1 aromatic carbocycles. The quantitative estimate of drug-likeness (QED) is 0.798. The van der Waals surface area contributed by atoms with Gasteiger partial charge in [0, 0.05) is 16.7 Å². The average molecular weight is 227 g/mol. The molecular formula is C12H18FNS. The molecule has 0 aliphatic carbocycles. The monoisotopic (exact) mass is 227 g/mol. The molecule has 84 valence electrons. The highest BCUT2D eigenvalue weighted by Crippen LogP contribution is 2.29. The molecule has 0 heterocycles. The molecule has 0 aromatic heterocycles. The van der Waals surface area contributed by atoms with Crippen LogP contribution in [0.25, 0.3) is 0 Å². The van der Waals surface area contributed by atoms with E-state index in [4.69, 9.17) is 5.73 Å². The second kappa shape index (κ2) is 4.99. The summed E-state index contributed by atoms with van der Waals surface area (Å²) in [4.78, 5) is 1.10. The molecule has 0 saturated carbocycles. The Morgan fingerprint density at radius 1 is 1.47 bits per heavy atom. The predicted octanol–water partition coefficient (Wildman–Crippen LogP) is 3.33. The summed E-state index contributed by atoms with van der Waals surface area (Å²) in [6.45, 7) is 5.78. The Morgan fingerprint density at radius 2 is 2.13 bits per heavy atom. The van der Waals surface area contributed by atoms with Crippen molar-refractivity contribution in [3.05, 3.63) is 29.8 Å². The molecule has 0 fully saturated rings. The van der Waals surface area contributed by atoms with Gasteiger partial charge >= 0.3 is 0 Å². The highest BCUT2D eigenvalue weighted by Gasteiger charge is 2.23. The number of thioether (sulfide) groups is 1. The number of benzene rings is 1. The van der Waals surface area contributed by atoms with Crippen molar-refractivity contribution < 1.29 is 4.39 Å². The Bertz CT molecular complexity index is 323. The van der Waals surface area contributed by atoms with Gasteiger partial charge in [0.2, 0.25) is 0 Å². The summed E-state index contributed by atoms with van der Waals surface area (Å²) in [6, 6.07) is 7.56. The summed E-state index contributed by atoms with van der Waals surface area (Å²) in [7, 11) is 0. The Morgan fingerprint density at radius 3 is 2.67 bits per heavy atom. The molecule has 2 N–H and O–H groups in total. The molecule has 3 heteroatoms. The fourth-order valence-corrected chi connectivity index (χ4v) is 2.18. The van der Waals surface area contributed by atoms with Gasteiger partial charge in [0.25, 0.3) is 0 Å². The number of nitrogens with two attached hydrogens (primary N) is 1. The third kappa shape index (κ3) is 3.50. The predicted molar refractivity (Wildman–Crippen MR) is 64.9 cm³/mol. The fraction of sp³-hybridized carbons (Fsp3) is 0.500. The van der Waals surface area contributed by atoms with E-state index in [1.807, 2.05) is 18.2 Å². The van der Waals surface area contributed by atoms with Gasteiger partial charge in [0.1, 0.15) is 5.67 Å². The maximum Gasteiger partial charge on any atom is 0.145 e. The van der Waals surface area contributed by atoms with Crippen molar-refractivity contribution in [2.45, 2.75) is 36.6 Å². The van der Waals surface area contributed by atoms with Gasteiger partial charge in [0.15, 0.2) is 0 Å². The number of rotatable bonds is 4. The third-order valence-corrected chi connectivity index (χ3v) is 3.19. The summed E-state index contributed by atoms with van der Waals surface area (Å²) in [5.74, 6) is 0. The van der Waals surface area contributed by atoms with Crippen LogP contribution in [0.1, 0.15) is 26.3 Å². The van der Waals surface area contributed by atoms with Crippen molar-refractivity contribution in [2.75, 3.05) is 6.54 Å². The molecule has 0 amide bonds. The zero-order valence-electron chi connectivity index (χ0n) is 9.46. The van der Waals surface area contributed by atoms with E-state index in [0.717, 1.165) is 4.90 Å². The molecule has 1 aromatic rings. The number of hydrogen-bond acceptors (Lipinski definition) is 2.